The number of aromatic hydroxyl groups is 1. The third kappa shape index (κ3) is 8.09. The molecule has 0 saturated carbocycles. The first-order valence-corrected chi connectivity index (χ1v) is 10.8. The van der Waals surface area contributed by atoms with E-state index in [9.17, 15) is 9.90 Å². The van der Waals surface area contributed by atoms with Crippen molar-refractivity contribution < 1.29 is 28.8 Å². The van der Waals surface area contributed by atoms with E-state index in [1.165, 1.54) is 0 Å². The van der Waals surface area contributed by atoms with Gasteiger partial charge in [0.2, 0.25) is 0 Å². The molecule has 0 aliphatic carbocycles. The fourth-order valence-corrected chi connectivity index (χ4v) is 3.70. The summed E-state index contributed by atoms with van der Waals surface area (Å²) in [5, 5.41) is 10.9. The van der Waals surface area contributed by atoms with E-state index in [4.69, 9.17) is 18.9 Å². The maximum absolute atomic E-state index is 12.5. The van der Waals surface area contributed by atoms with E-state index in [1.54, 1.807) is 21.3 Å². The Hall–Kier alpha value is -1.63. The van der Waals surface area contributed by atoms with Gasteiger partial charge in [-0.2, -0.15) is 0 Å². The second-order valence-corrected chi connectivity index (χ2v) is 10.5. The van der Waals surface area contributed by atoms with Crippen molar-refractivity contribution in [1.82, 2.24) is 0 Å². The molecule has 6 heteroatoms. The molecule has 0 radical (unpaired) electrons. The number of methoxy groups -OCH3 is 3. The molecule has 0 saturated heterocycles. The van der Waals surface area contributed by atoms with Gasteiger partial charge in [-0.3, -0.25) is 4.79 Å². The van der Waals surface area contributed by atoms with Crippen LogP contribution in [-0.4, -0.2) is 58.8 Å². The van der Waals surface area contributed by atoms with Crippen LogP contribution in [0.25, 0.3) is 0 Å². The third-order valence-corrected chi connectivity index (χ3v) is 5.29. The largest absolute Gasteiger partial charge is 0.507 e. The summed E-state index contributed by atoms with van der Waals surface area (Å²) in [7, 11) is 4.81. The number of ether oxygens (including phenoxy) is 4. The van der Waals surface area contributed by atoms with Gasteiger partial charge in [0.15, 0.2) is 0 Å². The standard InChI is InChI=1S/C25H42O6/c1-23(2,3)19-12-18(13-20(22(19)27)24(4,5)6)10-11-21(26)31-17-25(14-28-7,15-29-8)16-30-9/h12-13,27H,10-11,14-17H2,1-9H3. The van der Waals surface area contributed by atoms with Crippen LogP contribution < -0.4 is 0 Å². The molecule has 6 nitrogen and oxygen atoms in total. The summed E-state index contributed by atoms with van der Waals surface area (Å²) in [6, 6.07) is 4.01. The Morgan fingerprint density at radius 2 is 1.23 bits per heavy atom. The predicted molar refractivity (Wildman–Crippen MR) is 123 cm³/mol. The summed E-state index contributed by atoms with van der Waals surface area (Å²) in [6.07, 6.45) is 0.790. The van der Waals surface area contributed by atoms with E-state index in [2.05, 4.69) is 41.5 Å². The average molecular weight is 439 g/mol. The molecule has 1 aromatic rings. The zero-order valence-electron chi connectivity index (χ0n) is 20.9. The minimum absolute atomic E-state index is 0.164. The molecule has 1 N–H and O–H groups in total. The molecule has 0 aliphatic rings. The Labute approximate surface area is 188 Å². The summed E-state index contributed by atoms with van der Waals surface area (Å²) >= 11 is 0. The maximum Gasteiger partial charge on any atom is 0.306 e. The molecule has 0 aliphatic heterocycles. The molecule has 0 amide bonds. The van der Waals surface area contributed by atoms with Crippen LogP contribution in [0.4, 0.5) is 0 Å². The molecule has 0 bridgehead atoms. The van der Waals surface area contributed by atoms with Crippen molar-refractivity contribution in [2.24, 2.45) is 5.41 Å². The maximum atomic E-state index is 12.5. The number of rotatable bonds is 11. The highest BCUT2D eigenvalue weighted by molar-refractivity contribution is 5.70. The Kier molecular flexibility index (Phi) is 9.99. The SMILES string of the molecule is COCC(COC)(COC)COC(=O)CCc1cc(C(C)(C)C)c(O)c(C(C)(C)C)c1. The van der Waals surface area contributed by atoms with E-state index in [0.717, 1.165) is 16.7 Å². The number of hydrogen-bond acceptors (Lipinski definition) is 6. The van der Waals surface area contributed by atoms with Crippen LogP contribution >= 0.6 is 0 Å². The van der Waals surface area contributed by atoms with Crippen LogP contribution in [0.3, 0.4) is 0 Å². The van der Waals surface area contributed by atoms with E-state index in [0.29, 0.717) is 32.0 Å². The quantitative estimate of drug-likeness (QED) is 0.517. The highest BCUT2D eigenvalue weighted by Crippen LogP contribution is 2.40. The van der Waals surface area contributed by atoms with Crippen LogP contribution in [-0.2, 0) is 41.0 Å². The Bertz CT molecular complexity index is 660. The minimum Gasteiger partial charge on any atom is -0.507 e. The van der Waals surface area contributed by atoms with Crippen LogP contribution in [0.2, 0.25) is 0 Å². The molecule has 178 valence electrons. The van der Waals surface area contributed by atoms with E-state index < -0.39 is 5.41 Å². The topological polar surface area (TPSA) is 74.2 Å². The van der Waals surface area contributed by atoms with Crippen LogP contribution in [0.5, 0.6) is 5.75 Å². The van der Waals surface area contributed by atoms with Crippen molar-refractivity contribution in [2.75, 3.05) is 47.8 Å². The number of hydrogen-bond donors (Lipinski definition) is 1. The Balaban J connectivity index is 2.95. The Morgan fingerprint density at radius 3 is 1.58 bits per heavy atom. The van der Waals surface area contributed by atoms with Gasteiger partial charge in [0.05, 0.1) is 25.2 Å². The van der Waals surface area contributed by atoms with Crippen LogP contribution in [0.1, 0.15) is 64.7 Å². The summed E-state index contributed by atoms with van der Waals surface area (Å²) < 4.78 is 21.5. The monoisotopic (exact) mass is 438 g/mol. The van der Waals surface area contributed by atoms with Gasteiger partial charge in [-0.1, -0.05) is 53.7 Å². The lowest BCUT2D eigenvalue weighted by Gasteiger charge is -2.31. The normalized spacial score (nSPS) is 12.8. The van der Waals surface area contributed by atoms with Gasteiger partial charge in [-0.05, 0) is 33.9 Å². The molecule has 31 heavy (non-hydrogen) atoms. The lowest BCUT2D eigenvalue weighted by atomic mass is 9.78. The zero-order valence-corrected chi connectivity index (χ0v) is 20.9. The summed E-state index contributed by atoms with van der Waals surface area (Å²) in [5.74, 6) is 0.0604. The number of esters is 1. The number of benzene rings is 1. The fourth-order valence-electron chi connectivity index (χ4n) is 3.70. The zero-order chi connectivity index (χ0) is 23.9. The molecule has 1 aromatic carbocycles. The number of carbonyl (C=O) groups is 1. The molecule has 0 atom stereocenters. The summed E-state index contributed by atoms with van der Waals surface area (Å²) in [5.41, 5.74) is 1.85. The molecule has 1 rings (SSSR count). The number of aryl methyl sites for hydroxylation is 1. The van der Waals surface area contributed by atoms with Gasteiger partial charge in [0.25, 0.3) is 0 Å². The van der Waals surface area contributed by atoms with Gasteiger partial charge in [0, 0.05) is 27.8 Å². The molecule has 0 heterocycles. The van der Waals surface area contributed by atoms with E-state index in [1.807, 2.05) is 12.1 Å². The van der Waals surface area contributed by atoms with Crippen molar-refractivity contribution in [3.8, 4) is 5.75 Å². The number of carbonyl (C=O) groups excluding carboxylic acids is 1. The van der Waals surface area contributed by atoms with Gasteiger partial charge in [-0.15, -0.1) is 0 Å². The Morgan fingerprint density at radius 1 is 0.806 bits per heavy atom. The van der Waals surface area contributed by atoms with Crippen LogP contribution in [0.15, 0.2) is 12.1 Å². The molecule has 0 unspecified atom stereocenters. The highest BCUT2D eigenvalue weighted by Gasteiger charge is 2.33. The van der Waals surface area contributed by atoms with Crippen molar-refractivity contribution >= 4 is 5.97 Å². The van der Waals surface area contributed by atoms with E-state index >= 15 is 0 Å². The van der Waals surface area contributed by atoms with Crippen molar-refractivity contribution in [2.45, 2.75) is 65.2 Å². The molecule has 0 aromatic heterocycles. The van der Waals surface area contributed by atoms with Gasteiger partial charge >= 0.3 is 5.97 Å². The first kappa shape index (κ1) is 27.4. The molecular weight excluding hydrogens is 396 g/mol. The van der Waals surface area contributed by atoms with Crippen molar-refractivity contribution in [3.05, 3.63) is 28.8 Å². The molecule has 0 fully saturated rings. The second-order valence-electron chi connectivity index (χ2n) is 10.5. The smallest absolute Gasteiger partial charge is 0.306 e. The molecule has 0 spiro atoms. The first-order chi connectivity index (χ1) is 14.3. The van der Waals surface area contributed by atoms with Gasteiger partial charge < -0.3 is 24.1 Å². The van der Waals surface area contributed by atoms with Crippen LogP contribution in [0, 0.1) is 5.41 Å². The summed E-state index contributed by atoms with van der Waals surface area (Å²) in [4.78, 5) is 12.5. The first-order valence-electron chi connectivity index (χ1n) is 10.8. The van der Waals surface area contributed by atoms with Crippen molar-refractivity contribution in [3.63, 3.8) is 0 Å². The van der Waals surface area contributed by atoms with Crippen molar-refractivity contribution in [1.29, 1.82) is 0 Å². The predicted octanol–water partition coefficient (Wildman–Crippen LogP) is 4.39. The van der Waals surface area contributed by atoms with Gasteiger partial charge in [-0.25, -0.2) is 0 Å². The second kappa shape index (κ2) is 11.3. The van der Waals surface area contributed by atoms with E-state index in [-0.39, 0.29) is 29.8 Å². The minimum atomic E-state index is -0.536. The third-order valence-electron chi connectivity index (χ3n) is 5.29. The molecular formula is C25H42O6. The summed E-state index contributed by atoms with van der Waals surface area (Å²) in [6.45, 7) is 13.7. The number of phenolic OH excluding ortho intramolecular Hbond substituents is 1. The fraction of sp³-hybridized carbons (Fsp3) is 0.720. The number of phenols is 1. The van der Waals surface area contributed by atoms with Gasteiger partial charge in [0.1, 0.15) is 12.4 Å². The average Bonchev–Trinajstić information content (AvgIpc) is 2.64. The lowest BCUT2D eigenvalue weighted by Crippen LogP contribution is -2.41. The highest BCUT2D eigenvalue weighted by atomic mass is 16.5. The lowest BCUT2D eigenvalue weighted by molar-refractivity contribution is -0.153.